The molecule has 0 aromatic heterocycles. The fraction of sp³-hybridized carbons (Fsp3) is 0.895. The van der Waals surface area contributed by atoms with E-state index in [1.807, 2.05) is 6.92 Å². The molecule has 2 saturated heterocycles. The smallest absolute Gasteiger partial charge is 0.312 e. The lowest BCUT2D eigenvalue weighted by Gasteiger charge is -2.43. The summed E-state index contributed by atoms with van der Waals surface area (Å²) in [6.07, 6.45) is 6.53. The number of carboxylic acid groups (broad SMARTS) is 1. The Balaban J connectivity index is 1.58. The van der Waals surface area contributed by atoms with E-state index in [-0.39, 0.29) is 28.8 Å². The van der Waals surface area contributed by atoms with E-state index in [0.29, 0.717) is 5.92 Å². The van der Waals surface area contributed by atoms with Crippen molar-refractivity contribution < 1.29 is 24.2 Å². The van der Waals surface area contributed by atoms with Crippen molar-refractivity contribution in [3.05, 3.63) is 0 Å². The number of aliphatic carboxylic acids is 1. The maximum atomic E-state index is 12.7. The Hall–Kier alpha value is -1.10. The SMILES string of the molecule is CC12CCCC3(OC1=O)C2C(C(=O)O)C12CC(CCC13)C1(CO1)C2. The average Bonchev–Trinajstić information content (AvgIpc) is 3.16. The number of esters is 1. The predicted molar refractivity (Wildman–Crippen MR) is 82.0 cm³/mol. The van der Waals surface area contributed by atoms with Crippen LogP contribution in [-0.2, 0) is 19.1 Å². The normalized spacial score (nSPS) is 62.3. The average molecular weight is 332 g/mol. The van der Waals surface area contributed by atoms with Crippen molar-refractivity contribution in [2.75, 3.05) is 6.61 Å². The molecule has 6 aliphatic rings. The van der Waals surface area contributed by atoms with Gasteiger partial charge in [-0.15, -0.1) is 0 Å². The molecule has 2 heterocycles. The van der Waals surface area contributed by atoms with Crippen LogP contribution in [0.2, 0.25) is 0 Å². The zero-order valence-electron chi connectivity index (χ0n) is 14.0. The van der Waals surface area contributed by atoms with Crippen LogP contribution in [0.25, 0.3) is 0 Å². The molecule has 0 aromatic rings. The van der Waals surface area contributed by atoms with E-state index in [9.17, 15) is 14.7 Å². The molecule has 130 valence electrons. The van der Waals surface area contributed by atoms with Gasteiger partial charge in [0.15, 0.2) is 0 Å². The zero-order chi connectivity index (χ0) is 16.5. The Bertz CT molecular complexity index is 683. The number of hydrogen-bond acceptors (Lipinski definition) is 4. The summed E-state index contributed by atoms with van der Waals surface area (Å²) in [6, 6.07) is 0. The predicted octanol–water partition coefficient (Wildman–Crippen LogP) is 2.38. The summed E-state index contributed by atoms with van der Waals surface area (Å²) in [6.45, 7) is 2.77. The van der Waals surface area contributed by atoms with Gasteiger partial charge in [0.1, 0.15) is 5.60 Å². The highest BCUT2D eigenvalue weighted by molar-refractivity contribution is 5.84. The minimum absolute atomic E-state index is 0.0449. The van der Waals surface area contributed by atoms with E-state index in [1.54, 1.807) is 0 Å². The van der Waals surface area contributed by atoms with Crippen LogP contribution in [0.3, 0.4) is 0 Å². The second kappa shape index (κ2) is 3.69. The third-order valence-corrected chi connectivity index (χ3v) is 9.05. The maximum Gasteiger partial charge on any atom is 0.312 e. The Kier molecular flexibility index (Phi) is 2.17. The van der Waals surface area contributed by atoms with Gasteiger partial charge >= 0.3 is 11.9 Å². The summed E-state index contributed by atoms with van der Waals surface area (Å²) in [7, 11) is 0. The van der Waals surface area contributed by atoms with E-state index >= 15 is 0 Å². The lowest BCUT2D eigenvalue weighted by molar-refractivity contribution is -0.160. The van der Waals surface area contributed by atoms with Crippen molar-refractivity contribution in [1.82, 2.24) is 0 Å². The molecule has 24 heavy (non-hydrogen) atoms. The molecule has 8 atom stereocenters. The van der Waals surface area contributed by atoms with Gasteiger partial charge in [0, 0.05) is 11.8 Å². The molecule has 4 aliphatic carbocycles. The lowest BCUT2D eigenvalue weighted by Crippen LogP contribution is -2.47. The van der Waals surface area contributed by atoms with E-state index in [1.165, 1.54) is 0 Å². The first-order chi connectivity index (χ1) is 11.4. The first-order valence-electron chi connectivity index (χ1n) is 9.48. The van der Waals surface area contributed by atoms with Crippen LogP contribution < -0.4 is 0 Å². The molecule has 4 bridgehead atoms. The van der Waals surface area contributed by atoms with E-state index in [2.05, 4.69) is 0 Å². The van der Waals surface area contributed by atoms with Crippen molar-refractivity contribution in [2.45, 2.75) is 63.1 Å². The molecule has 6 fully saturated rings. The number of epoxide rings is 1. The van der Waals surface area contributed by atoms with Gasteiger partial charge in [-0.3, -0.25) is 9.59 Å². The molecular weight excluding hydrogens is 308 g/mol. The number of carbonyl (C=O) groups excluding carboxylic acids is 1. The highest BCUT2D eigenvalue weighted by Gasteiger charge is 2.84. The Morgan fingerprint density at radius 3 is 2.79 bits per heavy atom. The van der Waals surface area contributed by atoms with E-state index in [0.717, 1.165) is 51.6 Å². The van der Waals surface area contributed by atoms with Gasteiger partial charge in [0.2, 0.25) is 0 Å². The lowest BCUT2D eigenvalue weighted by atomic mass is 9.60. The number of fused-ring (bicyclic) bond motifs is 2. The molecule has 0 amide bonds. The Labute approximate surface area is 141 Å². The summed E-state index contributed by atoms with van der Waals surface area (Å²) in [5.41, 5.74) is -1.39. The third-order valence-electron chi connectivity index (χ3n) is 9.05. The summed E-state index contributed by atoms with van der Waals surface area (Å²) in [4.78, 5) is 25.2. The van der Waals surface area contributed by atoms with Crippen molar-refractivity contribution >= 4 is 11.9 Å². The fourth-order valence-electron chi connectivity index (χ4n) is 8.37. The van der Waals surface area contributed by atoms with E-state index < -0.39 is 22.9 Å². The van der Waals surface area contributed by atoms with Crippen LogP contribution in [0.1, 0.15) is 51.9 Å². The highest BCUT2D eigenvalue weighted by Crippen LogP contribution is 2.79. The zero-order valence-corrected chi connectivity index (χ0v) is 14.0. The largest absolute Gasteiger partial charge is 0.481 e. The number of ether oxygens (including phenoxy) is 2. The molecule has 8 unspecified atom stereocenters. The summed E-state index contributed by atoms with van der Waals surface area (Å²) in [5.74, 6) is -0.733. The first kappa shape index (κ1) is 14.1. The standard InChI is InChI=1S/C19H24O5/c1-16-5-2-6-19(24-15(16)22)11-4-3-10-7-17(11,8-18(10)9-23-18)12(13(16)19)14(20)21/h10-13H,2-9H2,1H3,(H,20,21). The molecule has 5 heteroatoms. The van der Waals surface area contributed by atoms with Gasteiger partial charge in [-0.1, -0.05) is 0 Å². The highest BCUT2D eigenvalue weighted by atomic mass is 16.6. The van der Waals surface area contributed by atoms with Crippen LogP contribution >= 0.6 is 0 Å². The number of carbonyl (C=O) groups is 2. The van der Waals surface area contributed by atoms with Crippen LogP contribution in [0.15, 0.2) is 0 Å². The molecule has 2 aliphatic heterocycles. The van der Waals surface area contributed by atoms with Crippen molar-refractivity contribution in [3.8, 4) is 0 Å². The number of hydrogen-bond donors (Lipinski definition) is 1. The number of carboxylic acids is 1. The quantitative estimate of drug-likeness (QED) is 0.589. The van der Waals surface area contributed by atoms with Crippen molar-refractivity contribution in [2.24, 2.45) is 34.5 Å². The second-order valence-electron chi connectivity index (χ2n) is 9.70. The van der Waals surface area contributed by atoms with Gasteiger partial charge in [-0.25, -0.2) is 0 Å². The molecule has 6 rings (SSSR count). The second-order valence-corrected chi connectivity index (χ2v) is 9.70. The van der Waals surface area contributed by atoms with Gasteiger partial charge in [-0.05, 0) is 63.2 Å². The van der Waals surface area contributed by atoms with Crippen molar-refractivity contribution in [1.29, 1.82) is 0 Å². The topological polar surface area (TPSA) is 76.1 Å². The van der Waals surface area contributed by atoms with Gasteiger partial charge in [0.25, 0.3) is 0 Å². The van der Waals surface area contributed by atoms with Crippen LogP contribution in [0.4, 0.5) is 0 Å². The van der Waals surface area contributed by atoms with Crippen LogP contribution in [-0.4, -0.2) is 34.9 Å². The summed E-state index contributed by atoms with van der Waals surface area (Å²) in [5, 5.41) is 10.2. The minimum atomic E-state index is -0.711. The van der Waals surface area contributed by atoms with Crippen LogP contribution in [0.5, 0.6) is 0 Å². The Morgan fingerprint density at radius 2 is 2.08 bits per heavy atom. The fourth-order valence-corrected chi connectivity index (χ4v) is 8.37. The van der Waals surface area contributed by atoms with Crippen molar-refractivity contribution in [3.63, 3.8) is 0 Å². The molecule has 4 saturated carbocycles. The van der Waals surface area contributed by atoms with E-state index in [4.69, 9.17) is 9.47 Å². The van der Waals surface area contributed by atoms with Gasteiger partial charge in [-0.2, -0.15) is 0 Å². The van der Waals surface area contributed by atoms with Gasteiger partial charge < -0.3 is 14.6 Å². The number of rotatable bonds is 1. The van der Waals surface area contributed by atoms with Crippen LogP contribution in [0, 0.1) is 34.5 Å². The molecule has 2 spiro atoms. The monoisotopic (exact) mass is 332 g/mol. The van der Waals surface area contributed by atoms with Gasteiger partial charge in [0.05, 0.1) is 23.5 Å². The molecule has 0 radical (unpaired) electrons. The first-order valence-corrected chi connectivity index (χ1v) is 9.48. The summed E-state index contributed by atoms with van der Waals surface area (Å²) >= 11 is 0. The minimum Gasteiger partial charge on any atom is -0.481 e. The summed E-state index contributed by atoms with van der Waals surface area (Å²) < 4.78 is 12.0. The third kappa shape index (κ3) is 1.20. The maximum absolute atomic E-state index is 12.7. The molecule has 5 nitrogen and oxygen atoms in total. The Morgan fingerprint density at radius 1 is 1.29 bits per heavy atom. The molecule has 0 aromatic carbocycles. The molecular formula is C19H24O5. The molecule has 1 N–H and O–H groups in total.